The van der Waals surface area contributed by atoms with Crippen LogP contribution in [0, 0.1) is 0 Å². The van der Waals surface area contributed by atoms with E-state index in [1.807, 2.05) is 0 Å². The molecule has 1 aliphatic heterocycles. The van der Waals surface area contributed by atoms with Gasteiger partial charge in [-0.15, -0.1) is 0 Å². The number of imide groups is 1. The Morgan fingerprint density at radius 1 is 1.27 bits per heavy atom. The molecule has 9 heteroatoms. The first-order chi connectivity index (χ1) is 12.5. The lowest BCUT2D eigenvalue weighted by Crippen LogP contribution is -2.46. The van der Waals surface area contributed by atoms with Gasteiger partial charge in [0.05, 0.1) is 16.6 Å². The second-order valence-corrected chi connectivity index (χ2v) is 6.22. The summed E-state index contributed by atoms with van der Waals surface area (Å²) in [5.41, 5.74) is 1.30. The number of carbonyl (C=O) groups is 3. The molecule has 1 aliphatic rings. The summed E-state index contributed by atoms with van der Waals surface area (Å²) in [7, 11) is 0. The van der Waals surface area contributed by atoms with E-state index in [9.17, 15) is 19.5 Å². The average Bonchev–Trinajstić information content (AvgIpc) is 3.12. The fourth-order valence-corrected chi connectivity index (χ4v) is 3.14. The molecule has 0 saturated carbocycles. The third-order valence-electron chi connectivity index (χ3n) is 4.15. The van der Waals surface area contributed by atoms with Crippen LogP contribution in [0.3, 0.4) is 0 Å². The van der Waals surface area contributed by atoms with E-state index in [0.29, 0.717) is 21.9 Å². The van der Waals surface area contributed by atoms with Gasteiger partial charge < -0.3 is 10.1 Å². The number of halogens is 1. The molecule has 0 unspecified atom stereocenters. The van der Waals surface area contributed by atoms with Crippen molar-refractivity contribution in [2.75, 3.05) is 0 Å². The molecule has 4 rings (SSSR count). The fourth-order valence-electron chi connectivity index (χ4n) is 2.97. The zero-order valence-electron chi connectivity index (χ0n) is 13.1. The molecular formula is C17H11ClN4O4. The number of aliphatic carboxylic acids is 1. The number of fused-ring (bicyclic) bond motifs is 2. The Balaban J connectivity index is 1.69. The maximum absolute atomic E-state index is 12.5. The van der Waals surface area contributed by atoms with Gasteiger partial charge in [-0.1, -0.05) is 11.6 Å². The normalized spacial score (nSPS) is 14.7. The van der Waals surface area contributed by atoms with Crippen LogP contribution in [-0.4, -0.2) is 48.8 Å². The Morgan fingerprint density at radius 2 is 2.08 bits per heavy atom. The minimum Gasteiger partial charge on any atom is -0.480 e. The number of rotatable bonds is 4. The number of carboxylic acid groups (broad SMARTS) is 1. The molecule has 2 N–H and O–H groups in total. The summed E-state index contributed by atoms with van der Waals surface area (Å²) in [4.78, 5) is 48.7. The highest BCUT2D eigenvalue weighted by molar-refractivity contribution is 6.31. The average molecular weight is 371 g/mol. The van der Waals surface area contributed by atoms with Crippen molar-refractivity contribution in [2.45, 2.75) is 12.5 Å². The number of pyridine rings is 1. The van der Waals surface area contributed by atoms with Crippen LogP contribution in [0.5, 0.6) is 0 Å². The van der Waals surface area contributed by atoms with Gasteiger partial charge in [-0.2, -0.15) is 0 Å². The summed E-state index contributed by atoms with van der Waals surface area (Å²) in [6.07, 6.45) is 1.22. The van der Waals surface area contributed by atoms with Crippen molar-refractivity contribution < 1.29 is 19.5 Å². The standard InChI is InChI=1S/C17H11ClN4O4/c18-8-3-4-10-11(6-8)21-13(20-10)7-12(17(25)26)22-15(23)9-2-1-5-19-14(9)16(22)24/h1-6,12H,7H2,(H,20,21)(H,25,26)/t12-/m1/s1. The van der Waals surface area contributed by atoms with Crippen molar-refractivity contribution >= 4 is 40.4 Å². The number of carboxylic acids is 1. The van der Waals surface area contributed by atoms with E-state index >= 15 is 0 Å². The topological polar surface area (TPSA) is 116 Å². The summed E-state index contributed by atoms with van der Waals surface area (Å²) >= 11 is 5.93. The van der Waals surface area contributed by atoms with Crippen LogP contribution in [0.15, 0.2) is 36.5 Å². The molecule has 3 heterocycles. The highest BCUT2D eigenvalue weighted by atomic mass is 35.5. The molecule has 0 spiro atoms. The zero-order chi connectivity index (χ0) is 18.4. The SMILES string of the molecule is O=C(O)[C@@H](Cc1nc2ccc(Cl)cc2[nH]1)N1C(=O)c2cccnc2C1=O. The van der Waals surface area contributed by atoms with Gasteiger partial charge in [0.1, 0.15) is 17.6 Å². The van der Waals surface area contributed by atoms with Crippen molar-refractivity contribution in [3.63, 3.8) is 0 Å². The number of amides is 2. The summed E-state index contributed by atoms with van der Waals surface area (Å²) in [5.74, 6) is -2.38. The van der Waals surface area contributed by atoms with Gasteiger partial charge in [0.2, 0.25) is 0 Å². The number of hydrogen-bond donors (Lipinski definition) is 2. The van der Waals surface area contributed by atoms with E-state index in [1.54, 1.807) is 18.2 Å². The lowest BCUT2D eigenvalue weighted by Gasteiger charge is -2.21. The molecule has 3 aromatic rings. The number of nitrogens with zero attached hydrogens (tertiary/aromatic N) is 3. The first kappa shape index (κ1) is 16.2. The van der Waals surface area contributed by atoms with Crippen molar-refractivity contribution in [1.29, 1.82) is 0 Å². The van der Waals surface area contributed by atoms with Crippen LogP contribution >= 0.6 is 11.6 Å². The van der Waals surface area contributed by atoms with Crippen LogP contribution in [-0.2, 0) is 11.2 Å². The van der Waals surface area contributed by atoms with Gasteiger partial charge in [-0.3, -0.25) is 19.5 Å². The maximum atomic E-state index is 12.5. The highest BCUT2D eigenvalue weighted by Crippen LogP contribution is 2.25. The Labute approximate surface area is 151 Å². The molecule has 0 fully saturated rings. The van der Waals surface area contributed by atoms with Gasteiger partial charge >= 0.3 is 5.97 Å². The molecule has 0 aliphatic carbocycles. The number of imidazole rings is 1. The molecule has 0 radical (unpaired) electrons. The van der Waals surface area contributed by atoms with Gasteiger partial charge in [0.25, 0.3) is 11.8 Å². The van der Waals surface area contributed by atoms with E-state index in [2.05, 4.69) is 15.0 Å². The molecule has 8 nitrogen and oxygen atoms in total. The molecule has 0 saturated heterocycles. The quantitative estimate of drug-likeness (QED) is 0.677. The molecule has 130 valence electrons. The second kappa shape index (κ2) is 5.92. The number of benzene rings is 1. The Hall–Kier alpha value is -3.26. The van der Waals surface area contributed by atoms with E-state index in [1.165, 1.54) is 18.3 Å². The van der Waals surface area contributed by atoms with Crippen LogP contribution in [0.2, 0.25) is 5.02 Å². The number of aromatic amines is 1. The summed E-state index contributed by atoms with van der Waals surface area (Å²) < 4.78 is 0. The largest absolute Gasteiger partial charge is 0.480 e. The Morgan fingerprint density at radius 3 is 2.81 bits per heavy atom. The molecule has 26 heavy (non-hydrogen) atoms. The summed E-state index contributed by atoms with van der Waals surface area (Å²) in [6.45, 7) is 0. The first-order valence-electron chi connectivity index (χ1n) is 7.65. The number of hydrogen-bond acceptors (Lipinski definition) is 5. The number of aromatic nitrogens is 3. The van der Waals surface area contributed by atoms with Crippen LogP contribution in [0.4, 0.5) is 0 Å². The van der Waals surface area contributed by atoms with Crippen molar-refractivity contribution in [1.82, 2.24) is 19.9 Å². The third kappa shape index (κ3) is 2.51. The highest BCUT2D eigenvalue weighted by Gasteiger charge is 2.44. The number of H-pyrrole nitrogens is 1. The minimum atomic E-state index is -1.40. The second-order valence-electron chi connectivity index (χ2n) is 5.78. The monoisotopic (exact) mass is 370 g/mol. The molecule has 1 atom stereocenters. The predicted molar refractivity (Wildman–Crippen MR) is 91.0 cm³/mol. The van der Waals surface area contributed by atoms with Crippen molar-refractivity contribution in [3.05, 3.63) is 58.6 Å². The first-order valence-corrected chi connectivity index (χ1v) is 8.03. The van der Waals surface area contributed by atoms with E-state index in [-0.39, 0.29) is 17.7 Å². The molecule has 0 bridgehead atoms. The van der Waals surface area contributed by atoms with E-state index in [0.717, 1.165) is 4.90 Å². The van der Waals surface area contributed by atoms with Crippen molar-refractivity contribution in [2.24, 2.45) is 0 Å². The maximum Gasteiger partial charge on any atom is 0.327 e. The fraction of sp³-hybridized carbons (Fsp3) is 0.118. The molecule has 1 aromatic carbocycles. The van der Waals surface area contributed by atoms with Gasteiger partial charge in [0.15, 0.2) is 0 Å². The molecule has 2 amide bonds. The molecular weight excluding hydrogens is 360 g/mol. The van der Waals surface area contributed by atoms with E-state index < -0.39 is 23.8 Å². The molecule has 2 aromatic heterocycles. The number of nitrogens with one attached hydrogen (secondary N) is 1. The van der Waals surface area contributed by atoms with Gasteiger partial charge in [-0.05, 0) is 30.3 Å². The van der Waals surface area contributed by atoms with Gasteiger partial charge in [-0.25, -0.2) is 9.78 Å². The van der Waals surface area contributed by atoms with Crippen molar-refractivity contribution in [3.8, 4) is 0 Å². The number of carbonyl (C=O) groups excluding carboxylic acids is 2. The lowest BCUT2D eigenvalue weighted by molar-refractivity contribution is -0.141. The Kier molecular flexibility index (Phi) is 3.69. The predicted octanol–water partition coefficient (Wildman–Crippen LogP) is 1.90. The zero-order valence-corrected chi connectivity index (χ0v) is 13.9. The third-order valence-corrected chi connectivity index (χ3v) is 4.39. The summed E-state index contributed by atoms with van der Waals surface area (Å²) in [5, 5.41) is 10.1. The summed E-state index contributed by atoms with van der Waals surface area (Å²) in [6, 6.07) is 6.59. The van der Waals surface area contributed by atoms with E-state index in [4.69, 9.17) is 11.6 Å². The minimum absolute atomic E-state index is 0.0415. The van der Waals surface area contributed by atoms with Gasteiger partial charge in [0, 0.05) is 17.6 Å². The van der Waals surface area contributed by atoms with Crippen LogP contribution in [0.25, 0.3) is 11.0 Å². The smallest absolute Gasteiger partial charge is 0.327 e. The lowest BCUT2D eigenvalue weighted by atomic mass is 10.1. The van der Waals surface area contributed by atoms with Crippen LogP contribution in [0.1, 0.15) is 26.7 Å². The Bertz CT molecular complexity index is 1040. The van der Waals surface area contributed by atoms with Crippen LogP contribution < -0.4 is 0 Å².